The molecule has 0 radical (unpaired) electrons. The largest absolute Gasteiger partial charge is 0.490 e. The molecule has 0 fully saturated rings. The Morgan fingerprint density at radius 1 is 0.867 bits per heavy atom. The van der Waals surface area contributed by atoms with Gasteiger partial charge in [0.2, 0.25) is 0 Å². The third kappa shape index (κ3) is 6.66. The van der Waals surface area contributed by atoms with Gasteiger partial charge in [0, 0.05) is 22.7 Å². The molecule has 3 aromatic carbocycles. The van der Waals surface area contributed by atoms with E-state index < -0.39 is 0 Å². The van der Waals surface area contributed by atoms with Crippen molar-refractivity contribution in [1.29, 1.82) is 0 Å². The number of aryl methyl sites for hydroxylation is 1. The number of hydrogen-bond donors (Lipinski definition) is 1. The van der Waals surface area contributed by atoms with Crippen LogP contribution in [0.1, 0.15) is 29.2 Å². The molecule has 0 aromatic heterocycles. The second-order valence-electron chi connectivity index (χ2n) is 7.15. The monoisotopic (exact) mass is 443 g/mol. The Kier molecular flexibility index (Phi) is 8.44. The van der Waals surface area contributed by atoms with Crippen LogP contribution in [0.4, 0.5) is 0 Å². The molecular weight excluding hydrogens is 417 g/mol. The highest BCUT2D eigenvalue weighted by atomic mass is 35.5. The molecule has 5 heteroatoms. The first-order valence-corrected chi connectivity index (χ1v) is 10.9. The second-order valence-corrected chi connectivity index (χ2v) is 8.00. The Labute approximate surface area is 188 Å². The van der Waals surface area contributed by atoms with Crippen LogP contribution in [0, 0.1) is 6.92 Å². The van der Waals surface area contributed by atoms with Gasteiger partial charge in [0.25, 0.3) is 0 Å². The highest BCUT2D eigenvalue weighted by molar-refractivity contribution is 6.31. The molecule has 0 aliphatic carbocycles. The minimum atomic E-state index is 0.469. The molecular formula is C25H27Cl2NO2. The summed E-state index contributed by atoms with van der Waals surface area (Å²) >= 11 is 12.5. The highest BCUT2D eigenvalue weighted by Gasteiger charge is 2.12. The minimum absolute atomic E-state index is 0.469. The van der Waals surface area contributed by atoms with Gasteiger partial charge in [0.05, 0.1) is 6.61 Å². The summed E-state index contributed by atoms with van der Waals surface area (Å²) in [6, 6.07) is 20.0. The Morgan fingerprint density at radius 3 is 2.37 bits per heavy atom. The first kappa shape index (κ1) is 22.5. The van der Waals surface area contributed by atoms with Crippen molar-refractivity contribution in [2.75, 3.05) is 13.2 Å². The van der Waals surface area contributed by atoms with E-state index in [2.05, 4.69) is 24.4 Å². The van der Waals surface area contributed by atoms with Crippen LogP contribution >= 0.6 is 23.2 Å². The van der Waals surface area contributed by atoms with Crippen LogP contribution in [-0.2, 0) is 19.6 Å². The van der Waals surface area contributed by atoms with Crippen molar-refractivity contribution in [1.82, 2.24) is 5.32 Å². The molecule has 30 heavy (non-hydrogen) atoms. The maximum absolute atomic E-state index is 6.53. The molecule has 0 unspecified atom stereocenters. The fraction of sp³-hybridized carbons (Fsp3) is 0.280. The van der Waals surface area contributed by atoms with Crippen LogP contribution in [0.15, 0.2) is 60.7 Å². The molecule has 0 saturated carbocycles. The summed E-state index contributed by atoms with van der Waals surface area (Å²) in [7, 11) is 0. The lowest BCUT2D eigenvalue weighted by Crippen LogP contribution is -2.17. The van der Waals surface area contributed by atoms with Crippen LogP contribution in [0.2, 0.25) is 10.0 Å². The molecule has 0 atom stereocenters. The van der Waals surface area contributed by atoms with Gasteiger partial charge in [-0.1, -0.05) is 65.2 Å². The summed E-state index contributed by atoms with van der Waals surface area (Å²) in [5, 5.41) is 4.86. The summed E-state index contributed by atoms with van der Waals surface area (Å²) in [6.45, 7) is 6.56. The Hall–Kier alpha value is -2.20. The fourth-order valence-electron chi connectivity index (χ4n) is 3.16. The molecule has 0 saturated heterocycles. The maximum Gasteiger partial charge on any atom is 0.163 e. The van der Waals surface area contributed by atoms with E-state index in [9.17, 15) is 0 Å². The molecule has 0 amide bonds. The predicted molar refractivity (Wildman–Crippen MR) is 125 cm³/mol. The van der Waals surface area contributed by atoms with Crippen molar-refractivity contribution in [3.63, 3.8) is 0 Å². The van der Waals surface area contributed by atoms with E-state index in [0.29, 0.717) is 36.3 Å². The van der Waals surface area contributed by atoms with Crippen LogP contribution in [-0.4, -0.2) is 13.2 Å². The lowest BCUT2D eigenvalue weighted by Gasteiger charge is -2.15. The Balaban J connectivity index is 1.60. The molecule has 1 N–H and O–H groups in total. The van der Waals surface area contributed by atoms with Crippen molar-refractivity contribution in [2.24, 2.45) is 0 Å². The van der Waals surface area contributed by atoms with Gasteiger partial charge in [-0.25, -0.2) is 0 Å². The average Bonchev–Trinajstić information content (AvgIpc) is 2.73. The van der Waals surface area contributed by atoms with Crippen LogP contribution < -0.4 is 14.8 Å². The normalized spacial score (nSPS) is 10.8. The molecule has 0 bridgehead atoms. The average molecular weight is 444 g/mol. The predicted octanol–water partition coefficient (Wildman–Crippen LogP) is 6.61. The smallest absolute Gasteiger partial charge is 0.163 e. The van der Waals surface area contributed by atoms with Gasteiger partial charge in [-0.05, 0) is 61.7 Å². The van der Waals surface area contributed by atoms with Gasteiger partial charge in [-0.2, -0.15) is 0 Å². The second kappa shape index (κ2) is 11.3. The summed E-state index contributed by atoms with van der Waals surface area (Å²) < 4.78 is 11.8. The number of ether oxygens (including phenoxy) is 2. The van der Waals surface area contributed by atoms with Gasteiger partial charge in [-0.15, -0.1) is 0 Å². The van der Waals surface area contributed by atoms with Gasteiger partial charge < -0.3 is 14.8 Å². The molecule has 3 aromatic rings. The lowest BCUT2D eigenvalue weighted by molar-refractivity contribution is 0.269. The van der Waals surface area contributed by atoms with E-state index >= 15 is 0 Å². The SMILES string of the molecule is CCOc1cc(CNCCc2ccc(Cl)cc2)c(Cl)cc1OCc1cccc(C)c1. The van der Waals surface area contributed by atoms with Crippen LogP contribution in [0.5, 0.6) is 11.5 Å². The third-order valence-corrected chi connectivity index (χ3v) is 5.31. The van der Waals surface area contributed by atoms with E-state index in [-0.39, 0.29) is 0 Å². The maximum atomic E-state index is 6.53. The molecule has 3 rings (SSSR count). The summed E-state index contributed by atoms with van der Waals surface area (Å²) in [5.41, 5.74) is 4.55. The zero-order valence-corrected chi connectivity index (χ0v) is 18.9. The van der Waals surface area contributed by atoms with E-state index in [4.69, 9.17) is 32.7 Å². The first-order valence-electron chi connectivity index (χ1n) is 10.1. The van der Waals surface area contributed by atoms with Gasteiger partial charge in [-0.3, -0.25) is 0 Å². The first-order chi connectivity index (χ1) is 14.5. The molecule has 0 aliphatic rings. The van der Waals surface area contributed by atoms with E-state index in [0.717, 1.165) is 29.1 Å². The number of halogens is 2. The van der Waals surface area contributed by atoms with Crippen LogP contribution in [0.25, 0.3) is 0 Å². The quantitative estimate of drug-likeness (QED) is 0.357. The van der Waals surface area contributed by atoms with Crippen molar-refractivity contribution in [3.8, 4) is 11.5 Å². The highest BCUT2D eigenvalue weighted by Crippen LogP contribution is 2.34. The number of nitrogens with one attached hydrogen (secondary N) is 1. The van der Waals surface area contributed by atoms with Gasteiger partial charge in [0.15, 0.2) is 11.5 Å². The van der Waals surface area contributed by atoms with Crippen molar-refractivity contribution in [3.05, 3.63) is 93.0 Å². The fourth-order valence-corrected chi connectivity index (χ4v) is 3.51. The molecule has 0 spiro atoms. The Morgan fingerprint density at radius 2 is 1.63 bits per heavy atom. The number of rotatable bonds is 10. The summed E-state index contributed by atoms with van der Waals surface area (Å²) in [5.74, 6) is 1.37. The number of hydrogen-bond acceptors (Lipinski definition) is 3. The zero-order valence-electron chi connectivity index (χ0n) is 17.4. The van der Waals surface area contributed by atoms with Crippen LogP contribution in [0.3, 0.4) is 0 Å². The molecule has 3 nitrogen and oxygen atoms in total. The Bertz CT molecular complexity index is 958. The van der Waals surface area contributed by atoms with Crippen molar-refractivity contribution >= 4 is 23.2 Å². The molecule has 0 aliphatic heterocycles. The van der Waals surface area contributed by atoms with E-state index in [1.165, 1.54) is 11.1 Å². The van der Waals surface area contributed by atoms with Gasteiger partial charge in [0.1, 0.15) is 6.61 Å². The molecule has 158 valence electrons. The lowest BCUT2D eigenvalue weighted by atomic mass is 10.1. The van der Waals surface area contributed by atoms with Gasteiger partial charge >= 0.3 is 0 Å². The number of benzene rings is 3. The van der Waals surface area contributed by atoms with Crippen molar-refractivity contribution in [2.45, 2.75) is 33.4 Å². The summed E-state index contributed by atoms with van der Waals surface area (Å²) in [4.78, 5) is 0. The minimum Gasteiger partial charge on any atom is -0.490 e. The molecule has 0 heterocycles. The van der Waals surface area contributed by atoms with E-state index in [1.54, 1.807) is 0 Å². The third-order valence-electron chi connectivity index (χ3n) is 4.71. The topological polar surface area (TPSA) is 30.5 Å². The van der Waals surface area contributed by atoms with E-state index in [1.807, 2.05) is 55.5 Å². The summed E-state index contributed by atoms with van der Waals surface area (Å²) in [6.07, 6.45) is 0.921. The van der Waals surface area contributed by atoms with Crippen molar-refractivity contribution < 1.29 is 9.47 Å². The zero-order chi connectivity index (χ0) is 21.3. The standard InChI is InChI=1S/C25H27Cl2NO2/c1-3-29-24-14-21(16-28-12-11-19-7-9-22(26)10-8-19)23(27)15-25(24)30-17-20-6-4-5-18(2)13-20/h4-10,13-15,28H,3,11-12,16-17H2,1-2H3.